The van der Waals surface area contributed by atoms with Gasteiger partial charge in [-0.25, -0.2) is 9.37 Å². The normalized spacial score (nSPS) is 24.8. The Morgan fingerprint density at radius 3 is 2.70 bits per heavy atom. The maximum absolute atomic E-state index is 13.8. The number of anilines is 1. The number of nitriles is 2. The summed E-state index contributed by atoms with van der Waals surface area (Å²) in [5.41, 5.74) is 0.695. The van der Waals surface area contributed by atoms with Crippen LogP contribution in [-0.2, 0) is 15.1 Å². The fourth-order valence-corrected chi connectivity index (χ4v) is 5.28. The van der Waals surface area contributed by atoms with E-state index >= 15 is 0 Å². The van der Waals surface area contributed by atoms with Gasteiger partial charge < -0.3 is 14.5 Å². The number of nitrogens with zero attached hydrogens (tertiary/aromatic N) is 5. The molecule has 3 fully saturated rings. The highest BCUT2D eigenvalue weighted by Crippen LogP contribution is 2.50. The molecular weight excluding hydrogens is 421 g/mol. The molecule has 2 bridgehead atoms. The van der Waals surface area contributed by atoms with Crippen LogP contribution in [0.1, 0.15) is 42.9 Å². The topological polar surface area (TPSA) is 93.2 Å². The number of hydrogen-bond acceptors (Lipinski definition) is 6. The van der Waals surface area contributed by atoms with Gasteiger partial charge in [-0.3, -0.25) is 4.79 Å². The molecule has 2 unspecified atom stereocenters. The summed E-state index contributed by atoms with van der Waals surface area (Å²) in [6.07, 6.45) is 3.88. The second-order valence-electron chi connectivity index (χ2n) is 9.24. The number of ether oxygens (including phenoxy) is 1. The number of likely N-dealkylation sites (tertiary alicyclic amines) is 1. The Labute approximate surface area is 192 Å². The predicted octanol–water partition coefficient (Wildman–Crippen LogP) is 3.10. The molecule has 3 atom stereocenters. The molecule has 0 spiro atoms. The molecule has 1 aromatic carbocycles. The number of fused-ring (bicyclic) bond motifs is 2. The molecular formula is C25H24FN5O2. The number of pyridine rings is 1. The van der Waals surface area contributed by atoms with Crippen molar-refractivity contribution in [1.82, 2.24) is 9.88 Å². The Bertz CT molecular complexity index is 1160. The lowest BCUT2D eigenvalue weighted by Crippen LogP contribution is -2.57. The van der Waals surface area contributed by atoms with E-state index in [1.165, 1.54) is 18.2 Å². The lowest BCUT2D eigenvalue weighted by molar-refractivity contribution is -0.140. The fraction of sp³-hybridized carbons (Fsp3) is 0.440. The number of halogens is 1. The van der Waals surface area contributed by atoms with E-state index in [0.29, 0.717) is 48.5 Å². The summed E-state index contributed by atoms with van der Waals surface area (Å²) < 4.78 is 19.8. The molecule has 168 valence electrons. The first-order valence-electron chi connectivity index (χ1n) is 11.2. The summed E-state index contributed by atoms with van der Waals surface area (Å²) in [4.78, 5) is 21.7. The van der Waals surface area contributed by atoms with E-state index in [1.54, 1.807) is 12.3 Å². The van der Waals surface area contributed by atoms with Crippen molar-refractivity contribution in [2.45, 2.75) is 43.9 Å². The summed E-state index contributed by atoms with van der Waals surface area (Å²) in [7, 11) is 0. The quantitative estimate of drug-likeness (QED) is 0.702. The van der Waals surface area contributed by atoms with Crippen molar-refractivity contribution in [3.05, 3.63) is 59.0 Å². The zero-order valence-electron chi connectivity index (χ0n) is 18.4. The van der Waals surface area contributed by atoms with Gasteiger partial charge in [0.2, 0.25) is 5.91 Å². The monoisotopic (exact) mass is 445 g/mol. The summed E-state index contributed by atoms with van der Waals surface area (Å²) in [6, 6.07) is 12.2. The lowest BCUT2D eigenvalue weighted by Gasteiger charge is -2.42. The molecule has 2 saturated heterocycles. The standard InChI is InChI=1S/C25H24FN5O2/c1-16-8-20-13-30(14-22(16)31(20)23-5-2-17(10-27)12-29-23)24(32)15-33-25(6-7-25)21-9-19(26)4-3-18(21)11-28/h2-5,9,12,16,20,22H,6-8,13-15H2,1H3/t16-,20?,22?/m0/s1. The number of carbonyl (C=O) groups excluding carboxylic acids is 1. The Morgan fingerprint density at radius 2 is 2.06 bits per heavy atom. The molecule has 7 nitrogen and oxygen atoms in total. The molecule has 3 aliphatic rings. The van der Waals surface area contributed by atoms with Gasteiger partial charge in [-0.05, 0) is 55.5 Å². The summed E-state index contributed by atoms with van der Waals surface area (Å²) in [5.74, 6) is 0.742. The highest BCUT2D eigenvalue weighted by molar-refractivity contribution is 5.78. The van der Waals surface area contributed by atoms with Crippen molar-refractivity contribution < 1.29 is 13.9 Å². The van der Waals surface area contributed by atoms with Crippen LogP contribution in [0.5, 0.6) is 0 Å². The number of rotatable bonds is 5. The van der Waals surface area contributed by atoms with Crippen LogP contribution < -0.4 is 4.90 Å². The molecule has 5 rings (SSSR count). The van der Waals surface area contributed by atoms with E-state index in [1.807, 2.05) is 11.0 Å². The minimum atomic E-state index is -0.747. The second kappa shape index (κ2) is 8.13. The molecule has 0 radical (unpaired) electrons. The Morgan fingerprint density at radius 1 is 1.24 bits per heavy atom. The van der Waals surface area contributed by atoms with Crippen molar-refractivity contribution in [3.8, 4) is 12.1 Å². The second-order valence-corrected chi connectivity index (χ2v) is 9.24. The number of benzene rings is 1. The molecule has 2 aliphatic heterocycles. The van der Waals surface area contributed by atoms with E-state index in [4.69, 9.17) is 10.00 Å². The summed E-state index contributed by atoms with van der Waals surface area (Å²) in [6.45, 7) is 3.27. The maximum Gasteiger partial charge on any atom is 0.248 e. The van der Waals surface area contributed by atoms with Crippen LogP contribution in [0.4, 0.5) is 10.2 Å². The SMILES string of the molecule is C[C@H]1CC2CN(C(=O)COC3(c4cc(F)ccc4C#N)CC3)CC1N2c1ccc(C#N)cn1. The maximum atomic E-state index is 13.8. The Balaban J connectivity index is 1.26. The van der Waals surface area contributed by atoms with Gasteiger partial charge in [0.05, 0.1) is 28.8 Å². The van der Waals surface area contributed by atoms with Gasteiger partial charge in [0.1, 0.15) is 24.3 Å². The largest absolute Gasteiger partial charge is 0.360 e. The van der Waals surface area contributed by atoms with Crippen LogP contribution in [-0.4, -0.2) is 47.6 Å². The van der Waals surface area contributed by atoms with E-state index in [2.05, 4.69) is 28.9 Å². The van der Waals surface area contributed by atoms with Gasteiger partial charge in [-0.15, -0.1) is 0 Å². The third-order valence-electron chi connectivity index (χ3n) is 7.15. The molecule has 1 aromatic heterocycles. The first-order chi connectivity index (χ1) is 15.9. The van der Waals surface area contributed by atoms with Crippen molar-refractivity contribution in [2.24, 2.45) is 5.92 Å². The van der Waals surface area contributed by atoms with Gasteiger partial charge in [0.25, 0.3) is 0 Å². The summed E-state index contributed by atoms with van der Waals surface area (Å²) >= 11 is 0. The molecule has 1 aliphatic carbocycles. The highest BCUT2D eigenvalue weighted by atomic mass is 19.1. The molecule has 3 heterocycles. The van der Waals surface area contributed by atoms with Crippen molar-refractivity contribution in [2.75, 3.05) is 24.6 Å². The van der Waals surface area contributed by atoms with Crippen LogP contribution >= 0.6 is 0 Å². The number of amides is 1. The number of carbonyl (C=O) groups is 1. The average Bonchev–Trinajstić information content (AvgIpc) is 3.59. The van der Waals surface area contributed by atoms with Crippen molar-refractivity contribution >= 4 is 11.7 Å². The van der Waals surface area contributed by atoms with Crippen molar-refractivity contribution in [1.29, 1.82) is 10.5 Å². The first kappa shape index (κ1) is 21.4. The van der Waals surface area contributed by atoms with Crippen LogP contribution in [0, 0.1) is 34.4 Å². The molecule has 2 aromatic rings. The first-order valence-corrected chi connectivity index (χ1v) is 11.2. The van der Waals surface area contributed by atoms with Gasteiger partial charge in [0, 0.05) is 30.9 Å². The minimum Gasteiger partial charge on any atom is -0.360 e. The van der Waals surface area contributed by atoms with Crippen LogP contribution in [0.15, 0.2) is 36.5 Å². The number of piperazine rings is 1. The zero-order valence-corrected chi connectivity index (χ0v) is 18.4. The van der Waals surface area contributed by atoms with E-state index in [-0.39, 0.29) is 24.6 Å². The van der Waals surface area contributed by atoms with Crippen LogP contribution in [0.2, 0.25) is 0 Å². The van der Waals surface area contributed by atoms with Gasteiger partial charge >= 0.3 is 0 Å². The zero-order chi connectivity index (χ0) is 23.2. The third kappa shape index (κ3) is 3.81. The molecule has 33 heavy (non-hydrogen) atoms. The van der Waals surface area contributed by atoms with Gasteiger partial charge in [-0.2, -0.15) is 10.5 Å². The Hall–Kier alpha value is -3.49. The van der Waals surface area contributed by atoms with E-state index < -0.39 is 11.4 Å². The summed E-state index contributed by atoms with van der Waals surface area (Å²) in [5, 5.41) is 18.4. The smallest absolute Gasteiger partial charge is 0.248 e. The minimum absolute atomic E-state index is 0.0901. The molecule has 8 heteroatoms. The number of aromatic nitrogens is 1. The van der Waals surface area contributed by atoms with Crippen molar-refractivity contribution in [3.63, 3.8) is 0 Å². The van der Waals surface area contributed by atoms with Gasteiger partial charge in [-0.1, -0.05) is 6.92 Å². The number of hydrogen-bond donors (Lipinski definition) is 0. The van der Waals surface area contributed by atoms with Gasteiger partial charge in [0.15, 0.2) is 0 Å². The Kier molecular flexibility index (Phi) is 5.26. The average molecular weight is 445 g/mol. The van der Waals surface area contributed by atoms with Crippen LogP contribution in [0.25, 0.3) is 0 Å². The lowest BCUT2D eigenvalue weighted by atomic mass is 10.0. The fourth-order valence-electron chi connectivity index (χ4n) is 5.28. The predicted molar refractivity (Wildman–Crippen MR) is 117 cm³/mol. The molecule has 1 saturated carbocycles. The third-order valence-corrected chi connectivity index (χ3v) is 7.15. The van der Waals surface area contributed by atoms with Crippen LogP contribution in [0.3, 0.4) is 0 Å². The highest BCUT2D eigenvalue weighted by Gasteiger charge is 2.49. The molecule has 1 amide bonds. The molecule has 0 N–H and O–H groups in total. The van der Waals surface area contributed by atoms with E-state index in [0.717, 1.165) is 12.2 Å². The van der Waals surface area contributed by atoms with E-state index in [9.17, 15) is 14.4 Å².